The number of alkyl halides is 3. The van der Waals surface area contributed by atoms with Crippen LogP contribution in [0.4, 0.5) is 19.0 Å². The van der Waals surface area contributed by atoms with Crippen LogP contribution in [0.5, 0.6) is 0 Å². The highest BCUT2D eigenvalue weighted by Gasteiger charge is 2.32. The summed E-state index contributed by atoms with van der Waals surface area (Å²) in [5.41, 5.74) is -0.835. The van der Waals surface area contributed by atoms with E-state index in [-0.39, 0.29) is 17.1 Å². The zero-order valence-corrected chi connectivity index (χ0v) is 11.1. The van der Waals surface area contributed by atoms with Crippen molar-refractivity contribution in [3.05, 3.63) is 22.8 Å². The van der Waals surface area contributed by atoms with Crippen molar-refractivity contribution in [2.75, 3.05) is 11.9 Å². The highest BCUT2D eigenvalue weighted by Crippen LogP contribution is 2.32. The van der Waals surface area contributed by atoms with Crippen molar-refractivity contribution in [1.82, 2.24) is 10.3 Å². The first kappa shape index (κ1) is 14.4. The summed E-state index contributed by atoms with van der Waals surface area (Å²) in [7, 11) is 0. The van der Waals surface area contributed by atoms with Gasteiger partial charge in [0.2, 0.25) is 0 Å². The molecule has 0 radical (unpaired) electrons. The molecule has 19 heavy (non-hydrogen) atoms. The number of hydrogen-bond donors (Lipinski definition) is 2. The van der Waals surface area contributed by atoms with Crippen LogP contribution in [-0.2, 0) is 6.18 Å². The average Bonchev–Trinajstić information content (AvgIpc) is 2.33. The minimum atomic E-state index is -4.42. The Morgan fingerprint density at radius 3 is 2.79 bits per heavy atom. The van der Waals surface area contributed by atoms with Gasteiger partial charge in [-0.25, -0.2) is 4.98 Å². The van der Waals surface area contributed by atoms with Crippen molar-refractivity contribution in [2.45, 2.75) is 38.0 Å². The first-order valence-electron chi connectivity index (χ1n) is 6.10. The summed E-state index contributed by atoms with van der Waals surface area (Å²) in [4.78, 5) is 3.78. The molecule has 106 valence electrons. The number of halogens is 4. The quantitative estimate of drug-likeness (QED) is 0.878. The zero-order valence-electron chi connectivity index (χ0n) is 10.4. The molecule has 7 heteroatoms. The van der Waals surface area contributed by atoms with Crippen LogP contribution in [0.15, 0.2) is 12.3 Å². The predicted molar refractivity (Wildman–Crippen MR) is 68.4 cm³/mol. The highest BCUT2D eigenvalue weighted by molar-refractivity contribution is 6.33. The molecule has 1 aliphatic heterocycles. The lowest BCUT2D eigenvalue weighted by Gasteiger charge is -2.31. The van der Waals surface area contributed by atoms with Gasteiger partial charge in [-0.1, -0.05) is 11.6 Å². The molecule has 0 aliphatic carbocycles. The number of piperidine rings is 1. The van der Waals surface area contributed by atoms with Crippen molar-refractivity contribution in [3.63, 3.8) is 0 Å². The van der Waals surface area contributed by atoms with Crippen LogP contribution in [-0.4, -0.2) is 23.6 Å². The summed E-state index contributed by atoms with van der Waals surface area (Å²) in [6.45, 7) is 2.97. The number of nitrogens with one attached hydrogen (secondary N) is 2. The highest BCUT2D eigenvalue weighted by atomic mass is 35.5. The number of anilines is 1. The van der Waals surface area contributed by atoms with Crippen molar-refractivity contribution < 1.29 is 13.2 Å². The van der Waals surface area contributed by atoms with E-state index in [0.717, 1.165) is 31.6 Å². The van der Waals surface area contributed by atoms with Gasteiger partial charge in [0.25, 0.3) is 0 Å². The van der Waals surface area contributed by atoms with Crippen LogP contribution in [0.1, 0.15) is 25.3 Å². The Labute approximate surface area is 114 Å². The maximum absolute atomic E-state index is 12.5. The Kier molecular flexibility index (Phi) is 4.20. The Morgan fingerprint density at radius 2 is 2.21 bits per heavy atom. The third kappa shape index (κ3) is 3.51. The van der Waals surface area contributed by atoms with E-state index in [0.29, 0.717) is 5.82 Å². The van der Waals surface area contributed by atoms with Crippen molar-refractivity contribution >= 4 is 17.4 Å². The number of nitrogens with zero attached hydrogens (tertiary/aromatic N) is 1. The second-order valence-corrected chi connectivity index (χ2v) is 5.10. The van der Waals surface area contributed by atoms with Gasteiger partial charge in [-0.3, -0.25) is 0 Å². The van der Waals surface area contributed by atoms with Gasteiger partial charge >= 0.3 is 6.18 Å². The molecule has 2 heterocycles. The lowest BCUT2D eigenvalue weighted by molar-refractivity contribution is -0.137. The first-order chi connectivity index (χ1) is 8.88. The lowest BCUT2D eigenvalue weighted by atomic mass is 10.00. The molecule has 2 atom stereocenters. The van der Waals surface area contributed by atoms with Gasteiger partial charge in [0, 0.05) is 18.3 Å². The van der Waals surface area contributed by atoms with Gasteiger partial charge < -0.3 is 10.6 Å². The molecular formula is C12H15ClF3N3. The van der Waals surface area contributed by atoms with E-state index in [1.165, 1.54) is 0 Å². The summed E-state index contributed by atoms with van der Waals surface area (Å²) < 4.78 is 37.5. The van der Waals surface area contributed by atoms with Gasteiger partial charge in [0.1, 0.15) is 5.82 Å². The molecule has 1 saturated heterocycles. The SMILES string of the molecule is CC1NCCCC1Nc1ncc(C(F)(F)F)cc1Cl. The molecule has 1 aromatic heterocycles. The van der Waals surface area contributed by atoms with E-state index in [1.807, 2.05) is 6.92 Å². The van der Waals surface area contributed by atoms with Crippen molar-refractivity contribution in [2.24, 2.45) is 0 Å². The summed E-state index contributed by atoms with van der Waals surface area (Å²) in [6.07, 6.45) is -1.67. The van der Waals surface area contributed by atoms with Gasteiger partial charge in [0.15, 0.2) is 0 Å². The molecule has 3 nitrogen and oxygen atoms in total. The first-order valence-corrected chi connectivity index (χ1v) is 6.48. The van der Waals surface area contributed by atoms with Crippen LogP contribution < -0.4 is 10.6 Å². The third-order valence-corrected chi connectivity index (χ3v) is 3.54. The Morgan fingerprint density at radius 1 is 1.47 bits per heavy atom. The molecule has 0 spiro atoms. The van der Waals surface area contributed by atoms with Crippen LogP contribution in [0.3, 0.4) is 0 Å². The molecule has 0 aromatic carbocycles. The molecule has 2 unspecified atom stereocenters. The van der Waals surface area contributed by atoms with Gasteiger partial charge in [0.05, 0.1) is 10.6 Å². The minimum Gasteiger partial charge on any atom is -0.365 e. The monoisotopic (exact) mass is 293 g/mol. The Hall–Kier alpha value is -1.01. The second kappa shape index (κ2) is 5.54. The molecule has 2 N–H and O–H groups in total. The molecular weight excluding hydrogens is 279 g/mol. The minimum absolute atomic E-state index is 0.00685. The second-order valence-electron chi connectivity index (χ2n) is 4.69. The lowest BCUT2D eigenvalue weighted by Crippen LogP contribution is -2.46. The molecule has 0 bridgehead atoms. The molecule has 1 aliphatic rings. The molecule has 0 amide bonds. The van der Waals surface area contributed by atoms with E-state index in [4.69, 9.17) is 11.6 Å². The molecule has 2 rings (SSSR count). The predicted octanol–water partition coefficient (Wildman–Crippen LogP) is 3.31. The fourth-order valence-corrected chi connectivity index (χ4v) is 2.34. The summed E-state index contributed by atoms with van der Waals surface area (Å²) in [5.74, 6) is 0.301. The topological polar surface area (TPSA) is 37.0 Å². The number of pyridine rings is 1. The average molecular weight is 294 g/mol. The van der Waals surface area contributed by atoms with Crippen molar-refractivity contribution in [3.8, 4) is 0 Å². The van der Waals surface area contributed by atoms with E-state index in [1.54, 1.807) is 0 Å². The van der Waals surface area contributed by atoms with E-state index in [9.17, 15) is 13.2 Å². The van der Waals surface area contributed by atoms with Crippen LogP contribution in [0, 0.1) is 0 Å². The maximum Gasteiger partial charge on any atom is 0.417 e. The van der Waals surface area contributed by atoms with E-state index in [2.05, 4.69) is 15.6 Å². The number of hydrogen-bond acceptors (Lipinski definition) is 3. The molecule has 0 saturated carbocycles. The maximum atomic E-state index is 12.5. The zero-order chi connectivity index (χ0) is 14.0. The van der Waals surface area contributed by atoms with Crippen LogP contribution in [0.25, 0.3) is 0 Å². The summed E-state index contributed by atoms with van der Waals surface area (Å²) >= 11 is 5.86. The Balaban J connectivity index is 2.13. The van der Waals surface area contributed by atoms with E-state index < -0.39 is 11.7 Å². The van der Waals surface area contributed by atoms with Gasteiger partial charge in [-0.05, 0) is 32.4 Å². The Bertz CT molecular complexity index is 450. The van der Waals surface area contributed by atoms with Gasteiger partial charge in [-0.2, -0.15) is 13.2 Å². The van der Waals surface area contributed by atoms with E-state index >= 15 is 0 Å². The summed E-state index contributed by atoms with van der Waals surface area (Å²) in [6, 6.07) is 1.25. The molecule has 1 aromatic rings. The fourth-order valence-electron chi connectivity index (χ4n) is 2.12. The smallest absolute Gasteiger partial charge is 0.365 e. The molecule has 1 fully saturated rings. The normalized spacial score (nSPS) is 24.3. The third-order valence-electron chi connectivity index (χ3n) is 3.25. The largest absolute Gasteiger partial charge is 0.417 e. The van der Waals surface area contributed by atoms with Crippen LogP contribution in [0.2, 0.25) is 5.02 Å². The van der Waals surface area contributed by atoms with Crippen molar-refractivity contribution in [1.29, 1.82) is 0 Å². The fraction of sp³-hybridized carbons (Fsp3) is 0.583. The summed E-state index contributed by atoms with van der Waals surface area (Å²) in [5, 5.41) is 6.39. The number of rotatable bonds is 2. The number of aromatic nitrogens is 1. The van der Waals surface area contributed by atoms with Gasteiger partial charge in [-0.15, -0.1) is 0 Å². The standard InChI is InChI=1S/C12H15ClF3N3/c1-7-10(3-2-4-17-7)19-11-9(13)5-8(6-18-11)12(14,15)16/h5-7,10,17H,2-4H2,1H3,(H,18,19). The van der Waals surface area contributed by atoms with Crippen LogP contribution >= 0.6 is 11.6 Å².